The normalized spacial score (nSPS) is 20.4. The Morgan fingerprint density at radius 3 is 2.77 bits per heavy atom. The van der Waals surface area contributed by atoms with Crippen LogP contribution in [0, 0.1) is 12.8 Å². The van der Waals surface area contributed by atoms with E-state index in [-0.39, 0.29) is 24.0 Å². The molecule has 0 amide bonds. The van der Waals surface area contributed by atoms with Gasteiger partial charge in [0.25, 0.3) is 0 Å². The number of aryl methyl sites for hydroxylation is 1. The van der Waals surface area contributed by atoms with Gasteiger partial charge in [0.05, 0.1) is 19.8 Å². The van der Waals surface area contributed by atoms with Crippen LogP contribution in [0.15, 0.2) is 4.99 Å². The Hall–Kier alpha value is -0.980. The van der Waals surface area contributed by atoms with E-state index in [2.05, 4.69) is 32.2 Å². The number of morpholine rings is 1. The van der Waals surface area contributed by atoms with Crippen molar-refractivity contribution in [1.29, 1.82) is 0 Å². The number of ether oxygens (including phenoxy) is 2. The molecule has 30 heavy (non-hydrogen) atoms. The van der Waals surface area contributed by atoms with Crippen LogP contribution in [-0.4, -0.2) is 96.2 Å². The van der Waals surface area contributed by atoms with Crippen LogP contribution in [0.4, 0.5) is 0 Å². The van der Waals surface area contributed by atoms with Crippen molar-refractivity contribution in [2.24, 2.45) is 18.0 Å². The van der Waals surface area contributed by atoms with Gasteiger partial charge in [-0.1, -0.05) is 0 Å². The molecule has 3 rings (SSSR count). The molecular weight excluding hydrogens is 497 g/mol. The Kier molecular flexibility index (Phi) is 11.3. The SMILES string of the molecule is CCOCC1CCN(C(=NCc2nnc(C)n2C)NCCCN2CCOCC2)C1.I. The lowest BCUT2D eigenvalue weighted by atomic mass is 10.1. The molecule has 1 N–H and O–H groups in total. The number of hydrogen-bond donors (Lipinski definition) is 1. The number of nitrogens with zero attached hydrogens (tertiary/aromatic N) is 6. The molecule has 0 aromatic carbocycles. The van der Waals surface area contributed by atoms with E-state index in [4.69, 9.17) is 14.5 Å². The lowest BCUT2D eigenvalue weighted by molar-refractivity contribution is 0.0375. The molecule has 0 spiro atoms. The van der Waals surface area contributed by atoms with E-state index < -0.39 is 0 Å². The van der Waals surface area contributed by atoms with Gasteiger partial charge in [-0.25, -0.2) is 4.99 Å². The lowest BCUT2D eigenvalue weighted by Gasteiger charge is -2.27. The Morgan fingerprint density at radius 2 is 2.07 bits per heavy atom. The van der Waals surface area contributed by atoms with Crippen LogP contribution in [0.25, 0.3) is 0 Å². The maximum atomic E-state index is 5.63. The Balaban J connectivity index is 0.00000320. The molecule has 2 saturated heterocycles. The first kappa shape index (κ1) is 25.3. The van der Waals surface area contributed by atoms with Gasteiger partial charge in [-0.3, -0.25) is 4.90 Å². The average Bonchev–Trinajstić information content (AvgIpc) is 3.34. The summed E-state index contributed by atoms with van der Waals surface area (Å²) in [6, 6.07) is 0. The van der Waals surface area contributed by atoms with Gasteiger partial charge in [-0.2, -0.15) is 0 Å². The highest BCUT2D eigenvalue weighted by Gasteiger charge is 2.25. The molecular formula is C20H38IN7O2. The van der Waals surface area contributed by atoms with E-state index >= 15 is 0 Å². The van der Waals surface area contributed by atoms with Gasteiger partial charge < -0.3 is 24.3 Å². The van der Waals surface area contributed by atoms with Gasteiger partial charge in [0.15, 0.2) is 11.8 Å². The minimum absolute atomic E-state index is 0. The highest BCUT2D eigenvalue weighted by atomic mass is 127. The van der Waals surface area contributed by atoms with Gasteiger partial charge in [0, 0.05) is 52.3 Å². The minimum atomic E-state index is 0. The molecule has 9 nitrogen and oxygen atoms in total. The highest BCUT2D eigenvalue weighted by molar-refractivity contribution is 14.0. The smallest absolute Gasteiger partial charge is 0.194 e. The quantitative estimate of drug-likeness (QED) is 0.221. The number of aliphatic imine (C=N–C) groups is 1. The van der Waals surface area contributed by atoms with Crippen LogP contribution in [0.2, 0.25) is 0 Å². The number of rotatable bonds is 9. The van der Waals surface area contributed by atoms with E-state index in [1.807, 2.05) is 18.5 Å². The summed E-state index contributed by atoms with van der Waals surface area (Å²) in [6.07, 6.45) is 2.25. The molecule has 0 saturated carbocycles. The second kappa shape index (κ2) is 13.4. The summed E-state index contributed by atoms with van der Waals surface area (Å²) in [5, 5.41) is 12.0. The van der Waals surface area contributed by atoms with Crippen LogP contribution in [0.5, 0.6) is 0 Å². The second-order valence-electron chi connectivity index (χ2n) is 7.86. The van der Waals surface area contributed by atoms with Crippen molar-refractivity contribution in [1.82, 2.24) is 29.9 Å². The zero-order chi connectivity index (χ0) is 20.5. The average molecular weight is 535 g/mol. The van der Waals surface area contributed by atoms with Crippen molar-refractivity contribution >= 4 is 29.9 Å². The number of halogens is 1. The Labute approximate surface area is 197 Å². The summed E-state index contributed by atoms with van der Waals surface area (Å²) >= 11 is 0. The van der Waals surface area contributed by atoms with Crippen LogP contribution < -0.4 is 5.32 Å². The summed E-state index contributed by atoms with van der Waals surface area (Å²) in [7, 11) is 1.99. The van der Waals surface area contributed by atoms with E-state index in [0.717, 1.165) is 96.1 Å². The third-order valence-electron chi connectivity index (χ3n) is 5.73. The fourth-order valence-corrected chi connectivity index (χ4v) is 3.78. The van der Waals surface area contributed by atoms with Gasteiger partial charge >= 0.3 is 0 Å². The summed E-state index contributed by atoms with van der Waals surface area (Å²) < 4.78 is 13.1. The van der Waals surface area contributed by atoms with Crippen LogP contribution >= 0.6 is 24.0 Å². The molecule has 1 unspecified atom stereocenters. The number of guanidine groups is 1. The fraction of sp³-hybridized carbons (Fsp3) is 0.850. The van der Waals surface area contributed by atoms with Crippen molar-refractivity contribution < 1.29 is 9.47 Å². The van der Waals surface area contributed by atoms with E-state index in [1.165, 1.54) is 0 Å². The predicted octanol–water partition coefficient (Wildman–Crippen LogP) is 1.27. The Morgan fingerprint density at radius 1 is 1.27 bits per heavy atom. The van der Waals surface area contributed by atoms with Gasteiger partial charge in [0.2, 0.25) is 0 Å². The number of nitrogens with one attached hydrogen (secondary N) is 1. The zero-order valence-electron chi connectivity index (χ0n) is 18.7. The van der Waals surface area contributed by atoms with Gasteiger partial charge in [-0.15, -0.1) is 34.2 Å². The van der Waals surface area contributed by atoms with Crippen molar-refractivity contribution in [2.45, 2.75) is 33.2 Å². The number of likely N-dealkylation sites (tertiary alicyclic amines) is 1. The Bertz CT molecular complexity index is 649. The number of hydrogen-bond acceptors (Lipinski definition) is 6. The van der Waals surface area contributed by atoms with Crippen molar-refractivity contribution in [2.75, 3.05) is 65.7 Å². The second-order valence-corrected chi connectivity index (χ2v) is 7.86. The molecule has 2 aliphatic rings. The van der Waals surface area contributed by atoms with E-state index in [1.54, 1.807) is 0 Å². The molecule has 1 aromatic rings. The van der Waals surface area contributed by atoms with Crippen molar-refractivity contribution in [3.8, 4) is 0 Å². The highest BCUT2D eigenvalue weighted by Crippen LogP contribution is 2.17. The topological polar surface area (TPSA) is 80.0 Å². The summed E-state index contributed by atoms with van der Waals surface area (Å²) in [5.74, 6) is 3.35. The molecule has 3 heterocycles. The standard InChI is InChI=1S/C20H37N7O2.HI/c1-4-28-16-18-6-9-27(15-18)20(22-14-19-24-23-17(2)25(19)3)21-7-5-8-26-10-12-29-13-11-26;/h18H,4-16H2,1-3H3,(H,21,22);1H. The molecule has 0 radical (unpaired) electrons. The lowest BCUT2D eigenvalue weighted by Crippen LogP contribution is -2.42. The van der Waals surface area contributed by atoms with Gasteiger partial charge in [0.1, 0.15) is 12.4 Å². The maximum absolute atomic E-state index is 5.63. The van der Waals surface area contributed by atoms with Crippen LogP contribution in [-0.2, 0) is 23.1 Å². The zero-order valence-corrected chi connectivity index (χ0v) is 21.0. The summed E-state index contributed by atoms with van der Waals surface area (Å²) in [4.78, 5) is 9.72. The molecule has 2 aliphatic heterocycles. The minimum Gasteiger partial charge on any atom is -0.381 e. The predicted molar refractivity (Wildman–Crippen MR) is 128 cm³/mol. The molecule has 10 heteroatoms. The molecule has 0 bridgehead atoms. The molecule has 1 atom stereocenters. The van der Waals surface area contributed by atoms with E-state index in [9.17, 15) is 0 Å². The number of aromatic nitrogens is 3. The van der Waals surface area contributed by atoms with E-state index in [0.29, 0.717) is 12.5 Å². The van der Waals surface area contributed by atoms with Gasteiger partial charge in [-0.05, 0) is 33.2 Å². The molecule has 1 aromatic heterocycles. The largest absolute Gasteiger partial charge is 0.381 e. The van der Waals surface area contributed by atoms with Crippen LogP contribution in [0.1, 0.15) is 31.4 Å². The summed E-state index contributed by atoms with van der Waals surface area (Å²) in [5.41, 5.74) is 0. The first-order valence-corrected chi connectivity index (χ1v) is 10.9. The summed E-state index contributed by atoms with van der Waals surface area (Å²) in [6.45, 7) is 14.0. The fourth-order valence-electron chi connectivity index (χ4n) is 3.78. The van der Waals surface area contributed by atoms with Crippen molar-refractivity contribution in [3.05, 3.63) is 11.6 Å². The van der Waals surface area contributed by atoms with Crippen molar-refractivity contribution in [3.63, 3.8) is 0 Å². The first-order chi connectivity index (χ1) is 14.2. The molecule has 0 aliphatic carbocycles. The van der Waals surface area contributed by atoms with Crippen LogP contribution in [0.3, 0.4) is 0 Å². The first-order valence-electron chi connectivity index (χ1n) is 10.9. The third-order valence-corrected chi connectivity index (χ3v) is 5.73. The molecule has 172 valence electrons. The third kappa shape index (κ3) is 7.61. The monoisotopic (exact) mass is 535 g/mol. The maximum Gasteiger partial charge on any atom is 0.194 e. The molecule has 2 fully saturated rings.